The molecule has 0 amide bonds. The second-order valence-electron chi connectivity index (χ2n) is 5.05. The summed E-state index contributed by atoms with van der Waals surface area (Å²) in [7, 11) is 0. The van der Waals surface area contributed by atoms with Crippen LogP contribution in [0.3, 0.4) is 0 Å². The first-order valence-electron chi connectivity index (χ1n) is 6.86. The van der Waals surface area contributed by atoms with E-state index in [-0.39, 0.29) is 6.61 Å². The first kappa shape index (κ1) is 16.5. The Bertz CT molecular complexity index is 697. The third-order valence-corrected chi connectivity index (χ3v) is 3.78. The molecule has 2 aromatic rings. The van der Waals surface area contributed by atoms with Crippen molar-refractivity contribution >= 4 is 28.9 Å². The lowest BCUT2D eigenvalue weighted by Gasteiger charge is -2.13. The molecular formula is C18H17Cl2NO. The van der Waals surface area contributed by atoms with Crippen LogP contribution < -0.4 is 10.1 Å². The van der Waals surface area contributed by atoms with Gasteiger partial charge < -0.3 is 10.1 Å². The van der Waals surface area contributed by atoms with Gasteiger partial charge in [-0.25, -0.2) is 0 Å². The fourth-order valence-corrected chi connectivity index (χ4v) is 2.82. The molecule has 2 nitrogen and oxygen atoms in total. The van der Waals surface area contributed by atoms with Gasteiger partial charge in [-0.15, -0.1) is 6.42 Å². The highest BCUT2D eigenvalue weighted by atomic mass is 35.5. The van der Waals surface area contributed by atoms with Crippen LogP contribution in [0, 0.1) is 26.2 Å². The van der Waals surface area contributed by atoms with E-state index in [2.05, 4.69) is 43.3 Å². The van der Waals surface area contributed by atoms with E-state index in [1.54, 1.807) is 0 Å². The van der Waals surface area contributed by atoms with Crippen LogP contribution in [-0.2, 0) is 6.54 Å². The van der Waals surface area contributed by atoms with Gasteiger partial charge in [-0.2, -0.15) is 0 Å². The Labute approximate surface area is 141 Å². The minimum atomic E-state index is 0.138. The number of aryl methyl sites for hydroxylation is 2. The van der Waals surface area contributed by atoms with Gasteiger partial charge in [0.15, 0.2) is 5.75 Å². The number of nitrogens with one attached hydrogen (secondary N) is 1. The van der Waals surface area contributed by atoms with E-state index in [1.165, 1.54) is 11.1 Å². The smallest absolute Gasteiger partial charge is 0.157 e. The van der Waals surface area contributed by atoms with Crippen molar-refractivity contribution in [2.75, 3.05) is 11.9 Å². The van der Waals surface area contributed by atoms with Gasteiger partial charge in [0.2, 0.25) is 0 Å². The number of hydrogen-bond acceptors (Lipinski definition) is 2. The van der Waals surface area contributed by atoms with Crippen molar-refractivity contribution in [1.29, 1.82) is 0 Å². The number of hydrogen-bond donors (Lipinski definition) is 1. The van der Waals surface area contributed by atoms with Crippen LogP contribution >= 0.6 is 23.2 Å². The lowest BCUT2D eigenvalue weighted by atomic mass is 10.1. The third-order valence-electron chi connectivity index (χ3n) is 3.22. The molecule has 0 atom stereocenters. The average molecular weight is 334 g/mol. The monoisotopic (exact) mass is 333 g/mol. The zero-order valence-corrected chi connectivity index (χ0v) is 14.1. The van der Waals surface area contributed by atoms with Gasteiger partial charge in [0.05, 0.1) is 10.0 Å². The lowest BCUT2D eigenvalue weighted by Crippen LogP contribution is -2.02. The standard InChI is InChI=1S/C18H17Cl2NO/c1-4-7-22-18-15(19)9-14(10-16(18)20)11-21-17-6-5-12(2)8-13(17)3/h1,5-6,8-10,21H,7,11H2,2-3H3. The fraction of sp³-hybridized carbons (Fsp3) is 0.222. The van der Waals surface area contributed by atoms with E-state index >= 15 is 0 Å². The molecule has 0 radical (unpaired) electrons. The zero-order valence-electron chi connectivity index (χ0n) is 12.5. The predicted molar refractivity (Wildman–Crippen MR) is 94.0 cm³/mol. The number of rotatable bonds is 5. The average Bonchev–Trinajstić information content (AvgIpc) is 2.45. The lowest BCUT2D eigenvalue weighted by molar-refractivity contribution is 0.371. The molecule has 0 unspecified atom stereocenters. The maximum absolute atomic E-state index is 6.20. The highest BCUT2D eigenvalue weighted by Gasteiger charge is 2.09. The summed E-state index contributed by atoms with van der Waals surface area (Å²) in [6.45, 7) is 4.91. The molecule has 0 aromatic heterocycles. The van der Waals surface area contributed by atoms with E-state index in [9.17, 15) is 0 Å². The molecule has 0 aliphatic rings. The van der Waals surface area contributed by atoms with Crippen LogP contribution in [0.5, 0.6) is 5.75 Å². The van der Waals surface area contributed by atoms with Crippen molar-refractivity contribution in [1.82, 2.24) is 0 Å². The van der Waals surface area contributed by atoms with Gasteiger partial charge in [0.25, 0.3) is 0 Å². The minimum absolute atomic E-state index is 0.138. The summed E-state index contributed by atoms with van der Waals surface area (Å²) in [6, 6.07) is 9.94. The Morgan fingerprint density at radius 2 is 1.82 bits per heavy atom. The van der Waals surface area contributed by atoms with E-state index in [0.717, 1.165) is 11.3 Å². The van der Waals surface area contributed by atoms with Crippen LogP contribution in [0.1, 0.15) is 16.7 Å². The maximum atomic E-state index is 6.20. The molecule has 114 valence electrons. The Kier molecular flexibility index (Phi) is 5.60. The van der Waals surface area contributed by atoms with Crippen LogP contribution in [-0.4, -0.2) is 6.61 Å². The van der Waals surface area contributed by atoms with Crippen LogP contribution in [0.15, 0.2) is 30.3 Å². The first-order valence-corrected chi connectivity index (χ1v) is 7.62. The molecule has 22 heavy (non-hydrogen) atoms. The summed E-state index contributed by atoms with van der Waals surface area (Å²) in [4.78, 5) is 0. The number of anilines is 1. The van der Waals surface area contributed by atoms with E-state index < -0.39 is 0 Å². The summed E-state index contributed by atoms with van der Waals surface area (Å²) >= 11 is 12.4. The number of terminal acetylenes is 1. The van der Waals surface area contributed by atoms with Crippen molar-refractivity contribution in [3.05, 3.63) is 57.1 Å². The quantitative estimate of drug-likeness (QED) is 0.756. The summed E-state index contributed by atoms with van der Waals surface area (Å²) in [5.41, 5.74) is 4.50. The third kappa shape index (κ3) is 4.10. The molecular weight excluding hydrogens is 317 g/mol. The van der Waals surface area contributed by atoms with E-state index in [4.69, 9.17) is 34.4 Å². The SMILES string of the molecule is C#CCOc1c(Cl)cc(CNc2ccc(C)cc2C)cc1Cl. The second-order valence-corrected chi connectivity index (χ2v) is 5.87. The summed E-state index contributed by atoms with van der Waals surface area (Å²) in [6.07, 6.45) is 5.17. The number of benzene rings is 2. The molecule has 0 heterocycles. The van der Waals surface area contributed by atoms with Gasteiger partial charge in [0, 0.05) is 12.2 Å². The van der Waals surface area contributed by atoms with Crippen LogP contribution in [0.4, 0.5) is 5.69 Å². The molecule has 0 saturated carbocycles. The van der Waals surface area contributed by atoms with Gasteiger partial charge in [-0.1, -0.05) is 46.8 Å². The van der Waals surface area contributed by atoms with E-state index in [0.29, 0.717) is 22.3 Å². The molecule has 0 aliphatic carbocycles. The van der Waals surface area contributed by atoms with Gasteiger partial charge in [-0.3, -0.25) is 0 Å². The molecule has 1 N–H and O–H groups in total. The normalized spacial score (nSPS) is 10.1. The zero-order chi connectivity index (χ0) is 16.1. The molecule has 0 bridgehead atoms. The van der Waals surface area contributed by atoms with Crippen molar-refractivity contribution in [3.8, 4) is 18.1 Å². The largest absolute Gasteiger partial charge is 0.478 e. The Morgan fingerprint density at radius 3 is 2.41 bits per heavy atom. The van der Waals surface area contributed by atoms with Gasteiger partial charge in [-0.05, 0) is 43.2 Å². The van der Waals surface area contributed by atoms with Crippen molar-refractivity contribution < 1.29 is 4.74 Å². The summed E-state index contributed by atoms with van der Waals surface area (Å²) in [5.74, 6) is 2.82. The Balaban J connectivity index is 2.12. The van der Waals surface area contributed by atoms with Crippen molar-refractivity contribution in [2.45, 2.75) is 20.4 Å². The number of halogens is 2. The van der Waals surface area contributed by atoms with Crippen molar-refractivity contribution in [3.63, 3.8) is 0 Å². The molecule has 0 fully saturated rings. The van der Waals surface area contributed by atoms with E-state index in [1.807, 2.05) is 12.1 Å². The van der Waals surface area contributed by atoms with Crippen LogP contribution in [0.25, 0.3) is 0 Å². The maximum Gasteiger partial charge on any atom is 0.157 e. The van der Waals surface area contributed by atoms with Gasteiger partial charge >= 0.3 is 0 Å². The summed E-state index contributed by atoms with van der Waals surface area (Å²) < 4.78 is 5.35. The fourth-order valence-electron chi connectivity index (χ4n) is 2.18. The van der Waals surface area contributed by atoms with Crippen molar-refractivity contribution in [2.24, 2.45) is 0 Å². The molecule has 2 aromatic carbocycles. The second kappa shape index (κ2) is 7.45. The highest BCUT2D eigenvalue weighted by Crippen LogP contribution is 2.34. The highest BCUT2D eigenvalue weighted by molar-refractivity contribution is 6.37. The molecule has 0 spiro atoms. The predicted octanol–water partition coefficient (Wildman–Crippen LogP) is 5.23. The first-order chi connectivity index (χ1) is 10.5. The Morgan fingerprint density at radius 1 is 1.14 bits per heavy atom. The molecule has 4 heteroatoms. The number of ether oxygens (including phenoxy) is 1. The molecule has 0 saturated heterocycles. The van der Waals surface area contributed by atoms with Gasteiger partial charge in [0.1, 0.15) is 6.61 Å². The molecule has 2 rings (SSSR count). The summed E-state index contributed by atoms with van der Waals surface area (Å²) in [5, 5.41) is 4.30. The molecule has 0 aliphatic heterocycles. The minimum Gasteiger partial charge on any atom is -0.478 e. The Hall–Kier alpha value is -1.82. The van der Waals surface area contributed by atoms with Crippen LogP contribution in [0.2, 0.25) is 10.0 Å². The topological polar surface area (TPSA) is 21.3 Å².